The fourth-order valence-electron chi connectivity index (χ4n) is 2.15. The van der Waals surface area contributed by atoms with Crippen molar-refractivity contribution in [1.82, 2.24) is 10.2 Å². The van der Waals surface area contributed by atoms with E-state index in [-0.39, 0.29) is 0 Å². The molecule has 1 rings (SSSR count). The predicted molar refractivity (Wildman–Crippen MR) is 81.8 cm³/mol. The SMILES string of the molecule is CCN(CC)CCCNCc1ccc(OC)c(C#N)c1. The third kappa shape index (κ3) is 5.20. The van der Waals surface area contributed by atoms with Gasteiger partial charge in [0.1, 0.15) is 11.8 Å². The lowest BCUT2D eigenvalue weighted by molar-refractivity contribution is 0.298. The molecule has 0 aromatic heterocycles. The van der Waals surface area contributed by atoms with E-state index in [0.717, 1.165) is 44.7 Å². The molecule has 0 spiro atoms. The molecule has 0 aliphatic carbocycles. The van der Waals surface area contributed by atoms with E-state index >= 15 is 0 Å². The van der Waals surface area contributed by atoms with Crippen LogP contribution in [0.1, 0.15) is 31.4 Å². The van der Waals surface area contributed by atoms with E-state index in [9.17, 15) is 0 Å². The van der Waals surface area contributed by atoms with Gasteiger partial charge in [0.2, 0.25) is 0 Å². The molecule has 0 amide bonds. The summed E-state index contributed by atoms with van der Waals surface area (Å²) in [5.41, 5.74) is 1.71. The zero-order chi connectivity index (χ0) is 14.8. The smallest absolute Gasteiger partial charge is 0.136 e. The standard InChI is InChI=1S/C16H25N3O/c1-4-19(5-2)10-6-9-18-13-14-7-8-16(20-3)15(11-14)12-17/h7-8,11,18H,4-6,9-10,13H2,1-3H3. The average molecular weight is 275 g/mol. The Balaban J connectivity index is 2.34. The lowest BCUT2D eigenvalue weighted by Gasteiger charge is -2.17. The van der Waals surface area contributed by atoms with Crippen molar-refractivity contribution in [3.8, 4) is 11.8 Å². The normalized spacial score (nSPS) is 10.6. The molecule has 1 aromatic rings. The molecule has 0 saturated heterocycles. The minimum atomic E-state index is 0.593. The van der Waals surface area contributed by atoms with Crippen LogP contribution in [0.25, 0.3) is 0 Å². The predicted octanol–water partition coefficient (Wildman–Crippen LogP) is 2.39. The number of hydrogen-bond donors (Lipinski definition) is 1. The fourth-order valence-corrected chi connectivity index (χ4v) is 2.15. The Morgan fingerprint density at radius 3 is 2.65 bits per heavy atom. The summed E-state index contributed by atoms with van der Waals surface area (Å²) in [6.07, 6.45) is 1.14. The Morgan fingerprint density at radius 1 is 1.30 bits per heavy atom. The fraction of sp³-hybridized carbons (Fsp3) is 0.562. The van der Waals surface area contributed by atoms with Gasteiger partial charge < -0.3 is 15.0 Å². The van der Waals surface area contributed by atoms with Crippen LogP contribution in [0, 0.1) is 11.3 Å². The minimum absolute atomic E-state index is 0.593. The van der Waals surface area contributed by atoms with Crippen LogP contribution >= 0.6 is 0 Å². The summed E-state index contributed by atoms with van der Waals surface area (Å²) in [4.78, 5) is 2.42. The Hall–Kier alpha value is -1.57. The summed E-state index contributed by atoms with van der Waals surface area (Å²) in [6.45, 7) is 9.52. The van der Waals surface area contributed by atoms with E-state index in [2.05, 4.69) is 30.1 Å². The van der Waals surface area contributed by atoms with Gasteiger partial charge in [0, 0.05) is 6.54 Å². The van der Waals surface area contributed by atoms with Gasteiger partial charge in [-0.25, -0.2) is 0 Å². The van der Waals surface area contributed by atoms with Crippen molar-refractivity contribution in [1.29, 1.82) is 5.26 Å². The lowest BCUT2D eigenvalue weighted by atomic mass is 10.1. The van der Waals surface area contributed by atoms with E-state index < -0.39 is 0 Å². The van der Waals surface area contributed by atoms with Crippen molar-refractivity contribution in [2.45, 2.75) is 26.8 Å². The van der Waals surface area contributed by atoms with Crippen molar-refractivity contribution in [3.63, 3.8) is 0 Å². The first-order valence-electron chi connectivity index (χ1n) is 7.25. The molecule has 0 bridgehead atoms. The van der Waals surface area contributed by atoms with Gasteiger partial charge in [-0.1, -0.05) is 19.9 Å². The van der Waals surface area contributed by atoms with Gasteiger partial charge >= 0.3 is 0 Å². The molecule has 0 aliphatic heterocycles. The van der Waals surface area contributed by atoms with Crippen molar-refractivity contribution in [3.05, 3.63) is 29.3 Å². The minimum Gasteiger partial charge on any atom is -0.495 e. The number of nitrogens with one attached hydrogen (secondary N) is 1. The van der Waals surface area contributed by atoms with Crippen molar-refractivity contribution in [2.24, 2.45) is 0 Å². The summed E-state index contributed by atoms with van der Waals surface area (Å²) < 4.78 is 5.14. The molecule has 0 fully saturated rings. The van der Waals surface area contributed by atoms with Crippen LogP contribution in [0.2, 0.25) is 0 Å². The molecular formula is C16H25N3O. The van der Waals surface area contributed by atoms with Crippen LogP contribution in [-0.2, 0) is 6.54 Å². The highest BCUT2D eigenvalue weighted by atomic mass is 16.5. The summed E-state index contributed by atoms with van der Waals surface area (Å²) in [7, 11) is 1.58. The maximum Gasteiger partial charge on any atom is 0.136 e. The van der Waals surface area contributed by atoms with Crippen LogP contribution in [0.15, 0.2) is 18.2 Å². The molecule has 1 N–H and O–H groups in total. The van der Waals surface area contributed by atoms with Crippen LogP contribution in [0.3, 0.4) is 0 Å². The number of ether oxygens (including phenoxy) is 1. The highest BCUT2D eigenvalue weighted by molar-refractivity contribution is 5.45. The molecule has 0 saturated carbocycles. The van der Waals surface area contributed by atoms with Crippen molar-refractivity contribution >= 4 is 0 Å². The summed E-state index contributed by atoms with van der Waals surface area (Å²) >= 11 is 0. The summed E-state index contributed by atoms with van der Waals surface area (Å²) in [6, 6.07) is 7.89. The van der Waals surface area contributed by atoms with Crippen LogP contribution in [0.4, 0.5) is 0 Å². The molecule has 0 radical (unpaired) electrons. The van der Waals surface area contributed by atoms with Crippen LogP contribution < -0.4 is 10.1 Å². The lowest BCUT2D eigenvalue weighted by Crippen LogP contribution is -2.27. The number of nitrogens with zero attached hydrogens (tertiary/aromatic N) is 2. The van der Waals surface area contributed by atoms with Crippen molar-refractivity contribution in [2.75, 3.05) is 33.3 Å². The number of benzene rings is 1. The van der Waals surface area contributed by atoms with Crippen LogP contribution in [-0.4, -0.2) is 38.2 Å². The van der Waals surface area contributed by atoms with Gasteiger partial charge in [0.15, 0.2) is 0 Å². The Kier molecular flexibility index (Phi) is 7.71. The third-order valence-electron chi connectivity index (χ3n) is 3.44. The summed E-state index contributed by atoms with van der Waals surface area (Å²) in [5, 5.41) is 12.5. The Bertz CT molecular complexity index is 436. The maximum atomic E-state index is 9.04. The van der Waals surface area contributed by atoms with E-state index in [0.29, 0.717) is 11.3 Å². The second-order valence-electron chi connectivity index (χ2n) is 4.70. The molecule has 0 atom stereocenters. The molecule has 0 aliphatic rings. The zero-order valence-electron chi connectivity index (χ0n) is 12.8. The number of hydrogen-bond acceptors (Lipinski definition) is 4. The molecule has 20 heavy (non-hydrogen) atoms. The van der Waals surface area contributed by atoms with Gasteiger partial charge in [0.25, 0.3) is 0 Å². The topological polar surface area (TPSA) is 48.3 Å². The van der Waals surface area contributed by atoms with E-state index in [4.69, 9.17) is 10.00 Å². The highest BCUT2D eigenvalue weighted by Gasteiger charge is 2.03. The second kappa shape index (κ2) is 9.35. The van der Waals surface area contributed by atoms with Gasteiger partial charge in [0.05, 0.1) is 12.7 Å². The Morgan fingerprint density at radius 2 is 2.05 bits per heavy atom. The third-order valence-corrected chi connectivity index (χ3v) is 3.44. The van der Waals surface area contributed by atoms with E-state index in [1.807, 2.05) is 18.2 Å². The molecule has 4 nitrogen and oxygen atoms in total. The second-order valence-corrected chi connectivity index (χ2v) is 4.70. The first-order valence-corrected chi connectivity index (χ1v) is 7.25. The largest absolute Gasteiger partial charge is 0.495 e. The Labute approximate surface area is 122 Å². The maximum absolute atomic E-state index is 9.04. The van der Waals surface area contributed by atoms with Crippen molar-refractivity contribution < 1.29 is 4.74 Å². The van der Waals surface area contributed by atoms with E-state index in [1.165, 1.54) is 0 Å². The van der Waals surface area contributed by atoms with Crippen LogP contribution in [0.5, 0.6) is 5.75 Å². The average Bonchev–Trinajstić information content (AvgIpc) is 2.50. The zero-order valence-corrected chi connectivity index (χ0v) is 12.8. The van der Waals surface area contributed by atoms with Gasteiger partial charge in [-0.05, 0) is 50.3 Å². The number of nitriles is 1. The molecule has 110 valence electrons. The van der Waals surface area contributed by atoms with Gasteiger partial charge in [-0.2, -0.15) is 5.26 Å². The number of methoxy groups -OCH3 is 1. The highest BCUT2D eigenvalue weighted by Crippen LogP contribution is 2.18. The quantitative estimate of drug-likeness (QED) is 0.703. The van der Waals surface area contributed by atoms with E-state index in [1.54, 1.807) is 7.11 Å². The molecule has 0 heterocycles. The molecule has 0 unspecified atom stereocenters. The molecule has 4 heteroatoms. The number of rotatable bonds is 9. The first-order chi connectivity index (χ1) is 9.74. The van der Waals surface area contributed by atoms with Gasteiger partial charge in [-0.15, -0.1) is 0 Å². The molecule has 1 aromatic carbocycles. The monoisotopic (exact) mass is 275 g/mol. The first kappa shape index (κ1) is 16.5. The molecular weight excluding hydrogens is 250 g/mol. The summed E-state index contributed by atoms with van der Waals surface area (Å²) in [5.74, 6) is 0.637. The van der Waals surface area contributed by atoms with Gasteiger partial charge in [-0.3, -0.25) is 0 Å².